The van der Waals surface area contributed by atoms with Crippen LogP contribution < -0.4 is 10.6 Å². The van der Waals surface area contributed by atoms with Crippen LogP contribution in [-0.2, 0) is 4.74 Å². The van der Waals surface area contributed by atoms with Crippen LogP contribution in [0.3, 0.4) is 0 Å². The molecule has 1 aromatic carbocycles. The van der Waals surface area contributed by atoms with Gasteiger partial charge in [0.2, 0.25) is 0 Å². The zero-order chi connectivity index (χ0) is 20.3. The predicted octanol–water partition coefficient (Wildman–Crippen LogP) is 3.57. The van der Waals surface area contributed by atoms with Crippen LogP contribution >= 0.6 is 0 Å². The Morgan fingerprint density at radius 1 is 1.14 bits per heavy atom. The van der Waals surface area contributed by atoms with Crippen molar-refractivity contribution in [1.82, 2.24) is 19.9 Å². The molecule has 3 aromatic rings. The first-order valence-corrected chi connectivity index (χ1v) is 8.91. The average Bonchev–Trinajstić information content (AvgIpc) is 3.08. The molecule has 2 heterocycles. The summed E-state index contributed by atoms with van der Waals surface area (Å²) in [5.41, 5.74) is 2.05. The molecule has 8 nitrogen and oxygen atoms in total. The molecule has 0 aliphatic carbocycles. The minimum absolute atomic E-state index is 0.251. The second-order valence-corrected chi connectivity index (χ2v) is 7.42. The van der Waals surface area contributed by atoms with Crippen LogP contribution in [0, 0.1) is 0 Å². The first-order chi connectivity index (χ1) is 13.2. The number of carbonyl (C=O) groups is 2. The standard InChI is InChI=1S/C20H23N5O3/c1-13(23-19(27)28-20(2,3)4)14-5-7-15(8-6-14)18(26)24-16-11-21-17-9-10-22-25(17)12-16/h5-13H,1-4H3,(H,23,27)(H,24,26). The van der Waals surface area contributed by atoms with Crippen LogP contribution in [0.4, 0.5) is 10.5 Å². The number of hydrogen-bond donors (Lipinski definition) is 2. The number of aromatic nitrogens is 3. The summed E-state index contributed by atoms with van der Waals surface area (Å²) in [7, 11) is 0. The molecule has 3 rings (SSSR count). The molecule has 0 radical (unpaired) electrons. The van der Waals surface area contributed by atoms with Crippen LogP contribution in [0.15, 0.2) is 48.9 Å². The third-order valence-electron chi connectivity index (χ3n) is 3.91. The second kappa shape index (κ2) is 7.67. The van der Waals surface area contributed by atoms with E-state index in [1.54, 1.807) is 53.4 Å². The molecule has 1 atom stereocenters. The molecular weight excluding hydrogens is 358 g/mol. The SMILES string of the molecule is CC(NC(=O)OC(C)(C)C)c1ccc(C(=O)Nc2cnc3ccnn3c2)cc1. The Morgan fingerprint density at radius 2 is 1.86 bits per heavy atom. The van der Waals surface area contributed by atoms with E-state index in [2.05, 4.69) is 20.7 Å². The lowest BCUT2D eigenvalue weighted by Gasteiger charge is -2.22. The van der Waals surface area contributed by atoms with E-state index in [-0.39, 0.29) is 11.9 Å². The van der Waals surface area contributed by atoms with Gasteiger partial charge in [-0.05, 0) is 45.4 Å². The number of nitrogens with one attached hydrogen (secondary N) is 2. The third-order valence-corrected chi connectivity index (χ3v) is 3.91. The van der Waals surface area contributed by atoms with Crippen molar-refractivity contribution in [3.8, 4) is 0 Å². The van der Waals surface area contributed by atoms with E-state index in [0.29, 0.717) is 16.9 Å². The minimum atomic E-state index is -0.556. The molecule has 8 heteroatoms. The summed E-state index contributed by atoms with van der Waals surface area (Å²) < 4.78 is 6.84. The molecule has 0 fully saturated rings. The van der Waals surface area contributed by atoms with Crippen molar-refractivity contribution in [2.45, 2.75) is 39.3 Å². The summed E-state index contributed by atoms with van der Waals surface area (Å²) in [5.74, 6) is -0.257. The lowest BCUT2D eigenvalue weighted by molar-refractivity contribution is 0.0507. The maximum Gasteiger partial charge on any atom is 0.408 e. The maximum absolute atomic E-state index is 12.4. The highest BCUT2D eigenvalue weighted by atomic mass is 16.6. The van der Waals surface area contributed by atoms with Gasteiger partial charge in [-0.2, -0.15) is 5.10 Å². The minimum Gasteiger partial charge on any atom is -0.444 e. The predicted molar refractivity (Wildman–Crippen MR) is 105 cm³/mol. The van der Waals surface area contributed by atoms with Crippen molar-refractivity contribution < 1.29 is 14.3 Å². The molecule has 146 valence electrons. The Bertz CT molecular complexity index is 989. The Balaban J connectivity index is 1.62. The molecule has 1 unspecified atom stereocenters. The van der Waals surface area contributed by atoms with Gasteiger partial charge in [-0.15, -0.1) is 0 Å². The van der Waals surface area contributed by atoms with Crippen LogP contribution in [0.2, 0.25) is 0 Å². The fourth-order valence-electron chi connectivity index (χ4n) is 2.57. The van der Waals surface area contributed by atoms with Gasteiger partial charge in [0.1, 0.15) is 5.60 Å². The first kappa shape index (κ1) is 19.3. The normalized spacial score (nSPS) is 12.4. The molecular formula is C20H23N5O3. The molecule has 28 heavy (non-hydrogen) atoms. The average molecular weight is 381 g/mol. The third kappa shape index (κ3) is 4.85. The number of alkyl carbamates (subject to hydrolysis) is 1. The second-order valence-electron chi connectivity index (χ2n) is 7.42. The highest BCUT2D eigenvalue weighted by Gasteiger charge is 2.18. The Hall–Kier alpha value is -3.42. The van der Waals surface area contributed by atoms with E-state index < -0.39 is 11.7 Å². The topological polar surface area (TPSA) is 97.6 Å². The summed E-state index contributed by atoms with van der Waals surface area (Å²) in [5, 5.41) is 9.67. The summed E-state index contributed by atoms with van der Waals surface area (Å²) in [6, 6.07) is 8.53. The molecule has 0 saturated carbocycles. The van der Waals surface area contributed by atoms with Crippen LogP contribution in [0.25, 0.3) is 5.65 Å². The van der Waals surface area contributed by atoms with Gasteiger partial charge in [-0.1, -0.05) is 12.1 Å². The van der Waals surface area contributed by atoms with Crippen LogP contribution in [-0.4, -0.2) is 32.2 Å². The largest absolute Gasteiger partial charge is 0.444 e. The van der Waals surface area contributed by atoms with Crippen molar-refractivity contribution >= 4 is 23.3 Å². The molecule has 0 bridgehead atoms. The number of hydrogen-bond acceptors (Lipinski definition) is 5. The van der Waals surface area contributed by atoms with E-state index in [9.17, 15) is 9.59 Å². The summed E-state index contributed by atoms with van der Waals surface area (Å²) >= 11 is 0. The molecule has 0 saturated heterocycles. The van der Waals surface area contributed by atoms with Crippen LogP contribution in [0.5, 0.6) is 0 Å². The van der Waals surface area contributed by atoms with E-state index in [1.807, 2.05) is 27.7 Å². The van der Waals surface area contributed by atoms with Gasteiger partial charge >= 0.3 is 6.09 Å². The Morgan fingerprint density at radius 3 is 2.54 bits per heavy atom. The Labute approximate surface area is 162 Å². The molecule has 0 spiro atoms. The quantitative estimate of drug-likeness (QED) is 0.720. The molecule has 2 amide bonds. The lowest BCUT2D eigenvalue weighted by atomic mass is 10.1. The molecule has 2 N–H and O–H groups in total. The van der Waals surface area contributed by atoms with E-state index in [0.717, 1.165) is 5.56 Å². The van der Waals surface area contributed by atoms with Crippen molar-refractivity contribution in [2.24, 2.45) is 0 Å². The van der Waals surface area contributed by atoms with Gasteiger partial charge in [0.25, 0.3) is 5.91 Å². The number of rotatable bonds is 4. The van der Waals surface area contributed by atoms with Gasteiger partial charge in [0, 0.05) is 11.6 Å². The summed E-state index contributed by atoms with van der Waals surface area (Å²) in [6.45, 7) is 7.28. The first-order valence-electron chi connectivity index (χ1n) is 8.91. The Kier molecular flexibility index (Phi) is 5.30. The van der Waals surface area contributed by atoms with Crippen molar-refractivity contribution in [3.05, 3.63) is 60.0 Å². The van der Waals surface area contributed by atoms with Crippen molar-refractivity contribution in [1.29, 1.82) is 0 Å². The lowest BCUT2D eigenvalue weighted by Crippen LogP contribution is -2.34. The van der Waals surface area contributed by atoms with E-state index in [4.69, 9.17) is 4.74 Å². The number of amides is 2. The number of benzene rings is 1. The summed E-state index contributed by atoms with van der Waals surface area (Å²) in [6.07, 6.45) is 4.43. The van der Waals surface area contributed by atoms with E-state index >= 15 is 0 Å². The molecule has 0 aliphatic rings. The van der Waals surface area contributed by atoms with Crippen molar-refractivity contribution in [3.63, 3.8) is 0 Å². The van der Waals surface area contributed by atoms with Gasteiger partial charge in [0.05, 0.1) is 30.3 Å². The van der Waals surface area contributed by atoms with Gasteiger partial charge in [-0.3, -0.25) is 4.79 Å². The maximum atomic E-state index is 12.4. The number of anilines is 1. The van der Waals surface area contributed by atoms with Gasteiger partial charge < -0.3 is 15.4 Å². The van der Waals surface area contributed by atoms with Gasteiger partial charge in [0.15, 0.2) is 5.65 Å². The number of fused-ring (bicyclic) bond motifs is 1. The molecule has 2 aromatic heterocycles. The van der Waals surface area contributed by atoms with Gasteiger partial charge in [-0.25, -0.2) is 14.3 Å². The van der Waals surface area contributed by atoms with Crippen molar-refractivity contribution in [2.75, 3.05) is 5.32 Å². The monoisotopic (exact) mass is 381 g/mol. The molecule has 0 aliphatic heterocycles. The van der Waals surface area contributed by atoms with Crippen LogP contribution in [0.1, 0.15) is 49.7 Å². The zero-order valence-corrected chi connectivity index (χ0v) is 16.3. The fourth-order valence-corrected chi connectivity index (χ4v) is 2.57. The highest BCUT2D eigenvalue weighted by Crippen LogP contribution is 2.16. The summed E-state index contributed by atoms with van der Waals surface area (Å²) in [4.78, 5) is 28.5. The number of carbonyl (C=O) groups excluding carboxylic acids is 2. The highest BCUT2D eigenvalue weighted by molar-refractivity contribution is 6.04. The van der Waals surface area contributed by atoms with E-state index in [1.165, 1.54) is 0 Å². The number of ether oxygens (including phenoxy) is 1. The smallest absolute Gasteiger partial charge is 0.408 e. The zero-order valence-electron chi connectivity index (χ0n) is 16.3. The number of nitrogens with zero attached hydrogens (tertiary/aromatic N) is 3. The fraction of sp³-hybridized carbons (Fsp3) is 0.300.